The average molecular weight is 345 g/mol. The molecule has 4 rings (SSSR count). The molecule has 1 aliphatic rings. The summed E-state index contributed by atoms with van der Waals surface area (Å²) in [6.45, 7) is 1.03. The Morgan fingerprint density at radius 2 is 2.12 bits per heavy atom. The first kappa shape index (κ1) is 16.2. The van der Waals surface area contributed by atoms with E-state index in [-0.39, 0.29) is 11.8 Å². The molecule has 2 heterocycles. The van der Waals surface area contributed by atoms with Crippen molar-refractivity contribution in [2.45, 2.75) is 18.9 Å². The van der Waals surface area contributed by atoms with Crippen LogP contribution in [0.15, 0.2) is 48.5 Å². The number of carbonyl (C=O) groups is 1. The zero-order chi connectivity index (χ0) is 18.1. The fourth-order valence-electron chi connectivity index (χ4n) is 3.57. The lowest BCUT2D eigenvalue weighted by atomic mass is 10.1. The van der Waals surface area contributed by atoms with E-state index in [2.05, 4.69) is 5.92 Å². The van der Waals surface area contributed by atoms with E-state index in [0.717, 1.165) is 28.3 Å². The SMILES string of the molecule is C#CCn1c(C2CC(=O)N(c3cccc(OC)c3)C2)nc2ccccc21. The van der Waals surface area contributed by atoms with E-state index in [1.807, 2.05) is 53.1 Å². The van der Waals surface area contributed by atoms with Crippen molar-refractivity contribution >= 4 is 22.6 Å². The fraction of sp³-hybridized carbons (Fsp3) is 0.238. The molecule has 5 heteroatoms. The second-order valence-corrected chi connectivity index (χ2v) is 6.36. The molecule has 0 N–H and O–H groups in total. The van der Waals surface area contributed by atoms with Gasteiger partial charge in [-0.05, 0) is 24.3 Å². The van der Waals surface area contributed by atoms with Crippen molar-refractivity contribution in [2.24, 2.45) is 0 Å². The van der Waals surface area contributed by atoms with E-state index in [9.17, 15) is 4.79 Å². The van der Waals surface area contributed by atoms with Crippen LogP contribution in [-0.4, -0.2) is 29.1 Å². The molecule has 0 aliphatic carbocycles. The maximum absolute atomic E-state index is 12.7. The van der Waals surface area contributed by atoms with Crippen LogP contribution >= 0.6 is 0 Å². The third-order valence-corrected chi connectivity index (χ3v) is 4.79. The summed E-state index contributed by atoms with van der Waals surface area (Å²) in [5, 5.41) is 0. The number of terminal acetylenes is 1. The molecule has 0 bridgehead atoms. The summed E-state index contributed by atoms with van der Waals surface area (Å²) in [6, 6.07) is 15.5. The zero-order valence-corrected chi connectivity index (χ0v) is 14.6. The van der Waals surface area contributed by atoms with Crippen LogP contribution in [0.5, 0.6) is 5.75 Å². The van der Waals surface area contributed by atoms with Crippen LogP contribution in [0.3, 0.4) is 0 Å². The standard InChI is InChI=1S/C21H19N3O2/c1-3-11-23-19-10-5-4-9-18(19)22-21(23)15-12-20(25)24(14-15)16-7-6-8-17(13-16)26-2/h1,4-10,13,15H,11-12,14H2,2H3. The van der Waals surface area contributed by atoms with Gasteiger partial charge in [0.25, 0.3) is 0 Å². The quantitative estimate of drug-likeness (QED) is 0.682. The van der Waals surface area contributed by atoms with Crippen molar-refractivity contribution in [2.75, 3.05) is 18.6 Å². The summed E-state index contributed by atoms with van der Waals surface area (Å²) in [5.74, 6) is 4.41. The van der Waals surface area contributed by atoms with Crippen LogP contribution in [0.1, 0.15) is 18.2 Å². The number of aromatic nitrogens is 2. The molecule has 1 unspecified atom stereocenters. The van der Waals surface area contributed by atoms with Crippen LogP contribution in [-0.2, 0) is 11.3 Å². The van der Waals surface area contributed by atoms with Gasteiger partial charge in [0.05, 0.1) is 24.7 Å². The van der Waals surface area contributed by atoms with Crippen molar-refractivity contribution in [3.8, 4) is 18.1 Å². The monoisotopic (exact) mass is 345 g/mol. The van der Waals surface area contributed by atoms with E-state index < -0.39 is 0 Å². The van der Waals surface area contributed by atoms with Crippen LogP contribution < -0.4 is 9.64 Å². The molecule has 0 saturated carbocycles. The molecular formula is C21H19N3O2. The maximum atomic E-state index is 12.7. The first-order valence-corrected chi connectivity index (χ1v) is 8.54. The number of benzene rings is 2. The second-order valence-electron chi connectivity index (χ2n) is 6.36. The minimum atomic E-state index is 0.00875. The van der Waals surface area contributed by atoms with Gasteiger partial charge in [-0.25, -0.2) is 4.98 Å². The number of carbonyl (C=O) groups excluding carboxylic acids is 1. The van der Waals surface area contributed by atoms with Crippen molar-refractivity contribution in [3.05, 3.63) is 54.4 Å². The number of methoxy groups -OCH3 is 1. The minimum absolute atomic E-state index is 0.00875. The Labute approximate surface area is 152 Å². The first-order valence-electron chi connectivity index (χ1n) is 8.54. The van der Waals surface area contributed by atoms with Gasteiger partial charge in [0.15, 0.2) is 0 Å². The Balaban J connectivity index is 1.70. The molecule has 130 valence electrons. The molecule has 1 amide bonds. The number of ether oxygens (including phenoxy) is 1. The predicted octanol–water partition coefficient (Wildman–Crippen LogP) is 3.20. The van der Waals surface area contributed by atoms with Crippen molar-refractivity contribution in [3.63, 3.8) is 0 Å². The van der Waals surface area contributed by atoms with Gasteiger partial charge in [-0.15, -0.1) is 6.42 Å². The Morgan fingerprint density at radius 1 is 1.27 bits per heavy atom. The van der Waals surface area contributed by atoms with E-state index in [1.165, 1.54) is 0 Å². The molecule has 5 nitrogen and oxygen atoms in total. The average Bonchev–Trinajstić information content (AvgIpc) is 3.23. The van der Waals surface area contributed by atoms with E-state index in [0.29, 0.717) is 19.5 Å². The molecule has 1 aromatic heterocycles. The molecular weight excluding hydrogens is 326 g/mol. The van der Waals surface area contributed by atoms with Crippen molar-refractivity contribution in [1.29, 1.82) is 0 Å². The van der Waals surface area contributed by atoms with Gasteiger partial charge < -0.3 is 14.2 Å². The van der Waals surface area contributed by atoms with E-state index in [1.54, 1.807) is 12.0 Å². The summed E-state index contributed by atoms with van der Waals surface area (Å²) >= 11 is 0. The number of imidazole rings is 1. The predicted molar refractivity (Wildman–Crippen MR) is 101 cm³/mol. The van der Waals surface area contributed by atoms with Crippen molar-refractivity contribution in [1.82, 2.24) is 9.55 Å². The van der Waals surface area contributed by atoms with E-state index >= 15 is 0 Å². The molecule has 1 saturated heterocycles. The molecule has 0 spiro atoms. The smallest absolute Gasteiger partial charge is 0.227 e. The Morgan fingerprint density at radius 3 is 2.92 bits per heavy atom. The third kappa shape index (κ3) is 2.70. The minimum Gasteiger partial charge on any atom is -0.497 e. The summed E-state index contributed by atoms with van der Waals surface area (Å²) in [7, 11) is 1.62. The van der Waals surface area contributed by atoms with Gasteiger partial charge in [-0.2, -0.15) is 0 Å². The molecule has 3 aromatic rings. The van der Waals surface area contributed by atoms with Gasteiger partial charge in [-0.1, -0.05) is 24.1 Å². The number of amides is 1. The maximum Gasteiger partial charge on any atom is 0.227 e. The second kappa shape index (κ2) is 6.57. The van der Waals surface area contributed by atoms with Crippen LogP contribution in [0.25, 0.3) is 11.0 Å². The lowest BCUT2D eigenvalue weighted by Gasteiger charge is -2.17. The lowest BCUT2D eigenvalue weighted by molar-refractivity contribution is -0.117. The number of para-hydroxylation sites is 2. The summed E-state index contributed by atoms with van der Waals surface area (Å²) in [5.41, 5.74) is 2.76. The summed E-state index contributed by atoms with van der Waals surface area (Å²) in [4.78, 5) is 19.2. The summed E-state index contributed by atoms with van der Waals surface area (Å²) < 4.78 is 7.32. The molecule has 1 aliphatic heterocycles. The highest BCUT2D eigenvalue weighted by atomic mass is 16.5. The Bertz CT molecular complexity index is 1020. The fourth-order valence-corrected chi connectivity index (χ4v) is 3.57. The molecule has 26 heavy (non-hydrogen) atoms. The highest BCUT2D eigenvalue weighted by Gasteiger charge is 2.34. The van der Waals surface area contributed by atoms with Gasteiger partial charge >= 0.3 is 0 Å². The first-order chi connectivity index (χ1) is 12.7. The van der Waals surface area contributed by atoms with Crippen molar-refractivity contribution < 1.29 is 9.53 Å². The molecule has 0 radical (unpaired) electrons. The number of nitrogens with zero attached hydrogens (tertiary/aromatic N) is 3. The Kier molecular flexibility index (Phi) is 4.10. The number of hydrogen-bond donors (Lipinski definition) is 0. The van der Waals surface area contributed by atoms with Gasteiger partial charge in [-0.3, -0.25) is 4.79 Å². The highest BCUT2D eigenvalue weighted by Crippen LogP contribution is 2.34. The molecule has 1 fully saturated rings. The van der Waals surface area contributed by atoms with Gasteiger partial charge in [0.1, 0.15) is 11.6 Å². The van der Waals surface area contributed by atoms with Crippen LogP contribution in [0.4, 0.5) is 5.69 Å². The van der Waals surface area contributed by atoms with Crippen LogP contribution in [0.2, 0.25) is 0 Å². The number of rotatable bonds is 4. The highest BCUT2D eigenvalue weighted by molar-refractivity contribution is 5.96. The number of hydrogen-bond acceptors (Lipinski definition) is 3. The Hall–Kier alpha value is -3.26. The topological polar surface area (TPSA) is 47.4 Å². The van der Waals surface area contributed by atoms with Gasteiger partial charge in [0, 0.05) is 30.6 Å². The molecule has 2 aromatic carbocycles. The number of fused-ring (bicyclic) bond motifs is 1. The normalized spacial score (nSPS) is 16.8. The zero-order valence-electron chi connectivity index (χ0n) is 14.6. The molecule has 1 atom stereocenters. The summed E-state index contributed by atoms with van der Waals surface area (Å²) in [6.07, 6.45) is 5.99. The van der Waals surface area contributed by atoms with Crippen LogP contribution in [0, 0.1) is 12.3 Å². The third-order valence-electron chi connectivity index (χ3n) is 4.79. The number of anilines is 1. The van der Waals surface area contributed by atoms with Gasteiger partial charge in [0.2, 0.25) is 5.91 Å². The lowest BCUT2D eigenvalue weighted by Crippen LogP contribution is -2.24. The largest absolute Gasteiger partial charge is 0.497 e. The van der Waals surface area contributed by atoms with E-state index in [4.69, 9.17) is 16.1 Å².